The van der Waals surface area contributed by atoms with Gasteiger partial charge in [-0.05, 0) is 24.3 Å². The average Bonchev–Trinajstić information content (AvgIpc) is 3.40. The minimum Gasteiger partial charge on any atom is -0.507 e. The molecule has 0 amide bonds. The molecule has 3 saturated heterocycles. The molecule has 280 valence electrons. The number of ether oxygens (including phenoxy) is 4. The molecule has 4 heterocycles. The molecule has 3 aliphatic heterocycles. The van der Waals surface area contributed by atoms with Gasteiger partial charge >= 0.3 is 0 Å². The predicted molar refractivity (Wildman–Crippen MR) is 165 cm³/mol. The van der Waals surface area contributed by atoms with Gasteiger partial charge in [-0.1, -0.05) is 0 Å². The SMILES string of the molecule is O=c1cc(-c2ccc(O[C@@H]3O[C@H](CO)[C@@H](O)[C@H](O)[C@H]3O)cc2)oc2c(C3O[C@H](CO)[C@@H](O)[C@@H]3O)c(O)c(C3O[C@H](CO)[C@@H](O)[C@H](O)[C@H]3O)c(O)c12. The quantitative estimate of drug-likeness (QED) is 0.104. The van der Waals surface area contributed by atoms with Crippen LogP contribution in [0.15, 0.2) is 39.5 Å². The summed E-state index contributed by atoms with van der Waals surface area (Å²) in [5.41, 5.74) is -2.54. The molecule has 1 aromatic heterocycles. The Balaban J connectivity index is 1.44. The summed E-state index contributed by atoms with van der Waals surface area (Å²) in [5, 5.41) is 135. The number of aliphatic hydroxyl groups is 11. The maximum atomic E-state index is 13.7. The Kier molecular flexibility index (Phi) is 10.6. The molecule has 3 aromatic rings. The monoisotopic (exact) mass is 726 g/mol. The predicted octanol–water partition coefficient (Wildman–Crippen LogP) is -4.28. The molecule has 19 nitrogen and oxygen atoms in total. The molecule has 3 fully saturated rings. The molecule has 0 spiro atoms. The molecule has 13 N–H and O–H groups in total. The molecular weight excluding hydrogens is 688 g/mol. The van der Waals surface area contributed by atoms with Gasteiger partial charge in [0.1, 0.15) is 108 Å². The van der Waals surface area contributed by atoms with Crippen molar-refractivity contribution in [2.75, 3.05) is 19.8 Å². The van der Waals surface area contributed by atoms with E-state index in [1.807, 2.05) is 0 Å². The largest absolute Gasteiger partial charge is 0.507 e. The van der Waals surface area contributed by atoms with Crippen LogP contribution in [0.4, 0.5) is 0 Å². The highest BCUT2D eigenvalue weighted by molar-refractivity contribution is 5.92. The van der Waals surface area contributed by atoms with Crippen LogP contribution < -0.4 is 10.2 Å². The van der Waals surface area contributed by atoms with Gasteiger partial charge in [-0.15, -0.1) is 0 Å². The van der Waals surface area contributed by atoms with Gasteiger partial charge < -0.3 is 89.7 Å². The molecular formula is C32H38O19. The highest BCUT2D eigenvalue weighted by Gasteiger charge is 2.50. The third-order valence-electron chi connectivity index (χ3n) is 9.44. The van der Waals surface area contributed by atoms with Crippen LogP contribution >= 0.6 is 0 Å². The Bertz CT molecular complexity index is 1760. The summed E-state index contributed by atoms with van der Waals surface area (Å²) < 4.78 is 28.1. The number of hydrogen-bond donors (Lipinski definition) is 13. The Labute approximate surface area is 286 Å². The summed E-state index contributed by atoms with van der Waals surface area (Å²) in [4.78, 5) is 13.7. The first-order valence-electron chi connectivity index (χ1n) is 15.8. The first-order chi connectivity index (χ1) is 24.2. The fourth-order valence-corrected chi connectivity index (χ4v) is 6.56. The van der Waals surface area contributed by atoms with Gasteiger partial charge in [-0.3, -0.25) is 4.79 Å². The minimum absolute atomic E-state index is 0.0675. The number of phenols is 2. The van der Waals surface area contributed by atoms with Crippen molar-refractivity contribution in [3.05, 3.63) is 51.7 Å². The Morgan fingerprint density at radius 3 is 1.63 bits per heavy atom. The van der Waals surface area contributed by atoms with E-state index in [4.69, 9.17) is 23.4 Å². The van der Waals surface area contributed by atoms with Crippen molar-refractivity contribution in [3.8, 4) is 28.6 Å². The van der Waals surface area contributed by atoms with Crippen LogP contribution in [0, 0.1) is 0 Å². The molecule has 0 radical (unpaired) electrons. The van der Waals surface area contributed by atoms with Crippen molar-refractivity contribution < 1.29 is 89.7 Å². The maximum Gasteiger partial charge on any atom is 0.229 e. The third-order valence-corrected chi connectivity index (χ3v) is 9.44. The molecule has 6 rings (SSSR count). The fourth-order valence-electron chi connectivity index (χ4n) is 6.56. The number of fused-ring (bicyclic) bond motifs is 1. The molecule has 0 bridgehead atoms. The van der Waals surface area contributed by atoms with E-state index in [9.17, 15) is 71.2 Å². The van der Waals surface area contributed by atoms with Gasteiger partial charge in [0.25, 0.3) is 0 Å². The van der Waals surface area contributed by atoms with Crippen molar-refractivity contribution >= 4 is 11.0 Å². The first kappa shape index (κ1) is 37.3. The molecule has 3 aliphatic rings. The lowest BCUT2D eigenvalue weighted by Gasteiger charge is -2.40. The van der Waals surface area contributed by atoms with E-state index in [2.05, 4.69) is 0 Å². The Morgan fingerprint density at radius 1 is 0.588 bits per heavy atom. The second kappa shape index (κ2) is 14.5. The van der Waals surface area contributed by atoms with Crippen LogP contribution in [0.1, 0.15) is 23.3 Å². The van der Waals surface area contributed by atoms with Crippen molar-refractivity contribution in [2.24, 2.45) is 0 Å². The lowest BCUT2D eigenvalue weighted by Crippen LogP contribution is -2.60. The van der Waals surface area contributed by atoms with Crippen molar-refractivity contribution in [2.45, 2.75) is 85.6 Å². The van der Waals surface area contributed by atoms with Gasteiger partial charge in [0.15, 0.2) is 11.0 Å². The zero-order valence-corrected chi connectivity index (χ0v) is 26.4. The molecule has 2 aromatic carbocycles. The molecule has 51 heavy (non-hydrogen) atoms. The lowest BCUT2D eigenvalue weighted by molar-refractivity contribution is -0.277. The van der Waals surface area contributed by atoms with E-state index in [1.54, 1.807) is 0 Å². The van der Waals surface area contributed by atoms with Gasteiger partial charge in [0.2, 0.25) is 6.29 Å². The first-order valence-corrected chi connectivity index (χ1v) is 15.8. The highest BCUT2D eigenvalue weighted by Crippen LogP contribution is 2.51. The summed E-state index contributed by atoms with van der Waals surface area (Å²) in [6.45, 7) is -2.32. The second-order valence-corrected chi connectivity index (χ2v) is 12.6. The van der Waals surface area contributed by atoms with Gasteiger partial charge in [-0.2, -0.15) is 0 Å². The second-order valence-electron chi connectivity index (χ2n) is 12.6. The van der Waals surface area contributed by atoms with Crippen LogP contribution in [0.2, 0.25) is 0 Å². The molecule has 0 saturated carbocycles. The zero-order chi connectivity index (χ0) is 37.0. The van der Waals surface area contributed by atoms with Gasteiger partial charge in [0, 0.05) is 11.6 Å². The topological polar surface area (TPSA) is 330 Å². The van der Waals surface area contributed by atoms with Crippen LogP contribution in [0.25, 0.3) is 22.3 Å². The van der Waals surface area contributed by atoms with E-state index in [-0.39, 0.29) is 17.1 Å². The summed E-state index contributed by atoms with van der Waals surface area (Å²) in [5.74, 6) is -2.09. The summed E-state index contributed by atoms with van der Waals surface area (Å²) in [7, 11) is 0. The minimum atomic E-state index is -2.04. The van der Waals surface area contributed by atoms with Crippen LogP contribution in [-0.4, -0.2) is 160 Å². The summed E-state index contributed by atoms with van der Waals surface area (Å²) >= 11 is 0. The fraction of sp³-hybridized carbons (Fsp3) is 0.531. The van der Waals surface area contributed by atoms with E-state index < -0.39 is 144 Å². The number of benzene rings is 2. The Morgan fingerprint density at radius 2 is 1.08 bits per heavy atom. The smallest absolute Gasteiger partial charge is 0.229 e. The number of hydrogen-bond acceptors (Lipinski definition) is 19. The van der Waals surface area contributed by atoms with Gasteiger partial charge in [-0.25, -0.2) is 0 Å². The van der Waals surface area contributed by atoms with E-state index in [1.165, 1.54) is 24.3 Å². The number of phenolic OH excluding ortho intramolecular Hbond substituents is 2. The third kappa shape index (κ3) is 6.34. The molecule has 14 atom stereocenters. The van der Waals surface area contributed by atoms with Crippen molar-refractivity contribution in [1.29, 1.82) is 0 Å². The zero-order valence-electron chi connectivity index (χ0n) is 26.4. The van der Waals surface area contributed by atoms with Crippen LogP contribution in [-0.2, 0) is 14.2 Å². The molecule has 19 heteroatoms. The van der Waals surface area contributed by atoms with Crippen LogP contribution in [0.3, 0.4) is 0 Å². The lowest BCUT2D eigenvalue weighted by atomic mass is 9.87. The summed E-state index contributed by atoms with van der Waals surface area (Å²) in [6, 6.07) is 6.43. The average molecular weight is 727 g/mol. The number of rotatable bonds is 8. The number of aromatic hydroxyl groups is 2. The molecule has 2 unspecified atom stereocenters. The van der Waals surface area contributed by atoms with Crippen LogP contribution in [0.5, 0.6) is 17.2 Å². The number of aliphatic hydroxyl groups excluding tert-OH is 11. The van der Waals surface area contributed by atoms with Gasteiger partial charge in [0.05, 0.1) is 30.9 Å². The van der Waals surface area contributed by atoms with E-state index >= 15 is 0 Å². The summed E-state index contributed by atoms with van der Waals surface area (Å²) in [6.07, 6.45) is -23.5. The highest BCUT2D eigenvalue weighted by atomic mass is 16.7. The van der Waals surface area contributed by atoms with E-state index in [0.717, 1.165) is 6.07 Å². The standard InChI is InChI=1S/C32H38O19/c33-6-13-19(37)24(42)27(45)30(49-13)17-22(40)16-11(36)5-12(48-29(16)18(23(17)41)31-26(44)21(39)14(7-34)50-31)9-1-3-10(4-2-9)47-32-28(46)25(43)20(38)15(8-35)51-32/h1-5,13-15,19-21,24-28,30-35,37-46H,6-8H2/t13-,14-,15-,19-,20-,21-,24+,25+,26+,27-,28-,30?,31?,32-/m1/s1. The Hall–Kier alpha value is -3.51. The maximum absolute atomic E-state index is 13.7. The van der Waals surface area contributed by atoms with E-state index in [0.29, 0.717) is 0 Å². The normalized spacial score (nSPS) is 37.2. The van der Waals surface area contributed by atoms with Crippen molar-refractivity contribution in [1.82, 2.24) is 0 Å². The van der Waals surface area contributed by atoms with Crippen molar-refractivity contribution in [3.63, 3.8) is 0 Å². The molecule has 0 aliphatic carbocycles.